The monoisotopic (exact) mass is 345 g/mol. The number of unbranched alkanes of at least 4 members (excludes halogenated alkanes) is 3. The maximum absolute atomic E-state index is 12.2. The highest BCUT2D eigenvalue weighted by molar-refractivity contribution is 7.13. The third kappa shape index (κ3) is 5.77. The largest absolute Gasteiger partial charge is 0.462 e. The van der Waals surface area contributed by atoms with E-state index in [9.17, 15) is 4.79 Å². The zero-order valence-electron chi connectivity index (χ0n) is 14.1. The van der Waals surface area contributed by atoms with E-state index >= 15 is 0 Å². The maximum Gasteiger partial charge on any atom is 0.338 e. The normalized spacial score (nSPS) is 10.9. The molecule has 5 nitrogen and oxygen atoms in total. The number of carbonyl (C=O) groups excluding carboxylic acids is 1. The fourth-order valence-corrected chi connectivity index (χ4v) is 2.77. The number of aromatic nitrogens is 1. The predicted molar refractivity (Wildman–Crippen MR) is 98.9 cm³/mol. The van der Waals surface area contributed by atoms with Crippen LogP contribution in [0.4, 0.5) is 5.13 Å². The number of nitrogens with zero attached hydrogens (tertiary/aromatic N) is 2. The van der Waals surface area contributed by atoms with E-state index < -0.39 is 0 Å². The van der Waals surface area contributed by atoms with Crippen LogP contribution in [-0.2, 0) is 4.74 Å². The van der Waals surface area contributed by atoms with Crippen LogP contribution >= 0.6 is 11.3 Å². The van der Waals surface area contributed by atoms with Gasteiger partial charge in [-0.05, 0) is 19.4 Å². The Balaban J connectivity index is 1.92. The quantitative estimate of drug-likeness (QED) is 0.311. The molecule has 2 aromatic rings. The topological polar surface area (TPSA) is 63.6 Å². The molecule has 1 aromatic heterocycles. The Morgan fingerprint density at radius 2 is 2.17 bits per heavy atom. The van der Waals surface area contributed by atoms with Crippen molar-refractivity contribution in [3.8, 4) is 0 Å². The lowest BCUT2D eigenvalue weighted by atomic mass is 10.1. The van der Waals surface area contributed by atoms with E-state index in [-0.39, 0.29) is 5.97 Å². The molecule has 0 fully saturated rings. The number of anilines is 1. The van der Waals surface area contributed by atoms with Crippen molar-refractivity contribution >= 4 is 28.7 Å². The molecule has 6 heteroatoms. The van der Waals surface area contributed by atoms with Crippen LogP contribution in [0.2, 0.25) is 0 Å². The van der Waals surface area contributed by atoms with Crippen LogP contribution in [0, 0.1) is 6.92 Å². The highest BCUT2D eigenvalue weighted by atomic mass is 32.1. The van der Waals surface area contributed by atoms with Gasteiger partial charge in [-0.3, -0.25) is 5.43 Å². The third-order valence-electron chi connectivity index (χ3n) is 3.39. The van der Waals surface area contributed by atoms with Gasteiger partial charge in [-0.2, -0.15) is 5.10 Å². The minimum atomic E-state index is -0.307. The average molecular weight is 345 g/mol. The van der Waals surface area contributed by atoms with Crippen molar-refractivity contribution in [1.29, 1.82) is 0 Å². The molecule has 0 amide bonds. The summed E-state index contributed by atoms with van der Waals surface area (Å²) in [5.74, 6) is -0.307. The Bertz CT molecular complexity index is 682. The van der Waals surface area contributed by atoms with Gasteiger partial charge < -0.3 is 4.74 Å². The summed E-state index contributed by atoms with van der Waals surface area (Å²) in [4.78, 5) is 16.5. The van der Waals surface area contributed by atoms with Crippen molar-refractivity contribution in [2.24, 2.45) is 5.10 Å². The average Bonchev–Trinajstić information content (AvgIpc) is 3.00. The second-order valence-corrected chi connectivity index (χ2v) is 6.31. The summed E-state index contributed by atoms with van der Waals surface area (Å²) < 4.78 is 5.35. The Morgan fingerprint density at radius 1 is 1.33 bits per heavy atom. The number of hydrazone groups is 1. The van der Waals surface area contributed by atoms with Crippen molar-refractivity contribution in [2.45, 2.75) is 39.5 Å². The van der Waals surface area contributed by atoms with E-state index in [0.29, 0.717) is 12.2 Å². The number of aryl methyl sites for hydroxylation is 1. The summed E-state index contributed by atoms with van der Waals surface area (Å²) in [6.45, 7) is 4.54. The van der Waals surface area contributed by atoms with Gasteiger partial charge in [-0.1, -0.05) is 44.4 Å². The number of ether oxygens (including phenoxy) is 1. The Morgan fingerprint density at radius 3 is 2.92 bits per heavy atom. The third-order valence-corrected chi connectivity index (χ3v) is 4.26. The molecule has 0 aliphatic rings. The fourth-order valence-electron chi connectivity index (χ4n) is 2.13. The van der Waals surface area contributed by atoms with Crippen LogP contribution in [0.5, 0.6) is 0 Å². The summed E-state index contributed by atoms with van der Waals surface area (Å²) in [5, 5.41) is 6.82. The molecule has 24 heavy (non-hydrogen) atoms. The van der Waals surface area contributed by atoms with Crippen LogP contribution in [0.1, 0.15) is 54.2 Å². The van der Waals surface area contributed by atoms with Crippen molar-refractivity contribution < 1.29 is 9.53 Å². The Hall–Kier alpha value is -2.21. The number of benzene rings is 1. The van der Waals surface area contributed by atoms with Crippen LogP contribution in [0.15, 0.2) is 34.7 Å². The van der Waals surface area contributed by atoms with Crippen LogP contribution in [0.3, 0.4) is 0 Å². The first-order valence-corrected chi connectivity index (χ1v) is 9.06. The first-order valence-electron chi connectivity index (χ1n) is 8.18. The van der Waals surface area contributed by atoms with Crippen molar-refractivity contribution in [3.05, 3.63) is 46.5 Å². The van der Waals surface area contributed by atoms with E-state index in [0.717, 1.165) is 29.2 Å². The van der Waals surface area contributed by atoms with Gasteiger partial charge >= 0.3 is 5.97 Å². The molecule has 1 aromatic carbocycles. The maximum atomic E-state index is 12.2. The number of thiazole rings is 1. The number of hydrogen-bond acceptors (Lipinski definition) is 6. The summed E-state index contributed by atoms with van der Waals surface area (Å²) >= 11 is 1.49. The molecule has 0 aliphatic carbocycles. The van der Waals surface area contributed by atoms with Gasteiger partial charge in [0.05, 0.1) is 24.1 Å². The van der Waals surface area contributed by atoms with Crippen molar-refractivity contribution in [1.82, 2.24) is 4.98 Å². The number of nitrogens with one attached hydrogen (secondary N) is 1. The van der Waals surface area contributed by atoms with Crippen molar-refractivity contribution in [3.63, 3.8) is 0 Å². The van der Waals surface area contributed by atoms with Gasteiger partial charge in [-0.25, -0.2) is 9.78 Å². The van der Waals surface area contributed by atoms with Gasteiger partial charge in [0, 0.05) is 10.9 Å². The minimum absolute atomic E-state index is 0.307. The van der Waals surface area contributed by atoms with E-state index in [1.165, 1.54) is 24.2 Å². The second kappa shape index (κ2) is 9.82. The van der Waals surface area contributed by atoms with E-state index in [1.807, 2.05) is 30.5 Å². The molecule has 1 heterocycles. The first kappa shape index (κ1) is 18.1. The predicted octanol–water partition coefficient (Wildman–Crippen LogP) is 4.63. The highest BCUT2D eigenvalue weighted by Gasteiger charge is 2.10. The molecule has 0 atom stereocenters. The summed E-state index contributed by atoms with van der Waals surface area (Å²) in [6.07, 6.45) is 5.94. The second-order valence-electron chi connectivity index (χ2n) is 5.45. The first-order chi connectivity index (χ1) is 11.7. The van der Waals surface area contributed by atoms with E-state index in [1.54, 1.807) is 12.3 Å². The molecular formula is C18H23N3O2S. The molecule has 0 unspecified atom stereocenters. The van der Waals surface area contributed by atoms with Crippen LogP contribution in [-0.4, -0.2) is 23.8 Å². The number of rotatable bonds is 9. The molecule has 2 rings (SSSR count). The van der Waals surface area contributed by atoms with Crippen LogP contribution < -0.4 is 5.43 Å². The van der Waals surface area contributed by atoms with Gasteiger partial charge in [0.1, 0.15) is 0 Å². The number of esters is 1. The summed E-state index contributed by atoms with van der Waals surface area (Å²) in [5.41, 5.74) is 5.06. The van der Waals surface area contributed by atoms with Gasteiger partial charge in [0.15, 0.2) is 0 Å². The molecule has 0 saturated carbocycles. The Labute approximate surface area is 146 Å². The van der Waals surface area contributed by atoms with Gasteiger partial charge in [-0.15, -0.1) is 11.3 Å². The summed E-state index contributed by atoms with van der Waals surface area (Å²) in [6, 6.07) is 7.28. The highest BCUT2D eigenvalue weighted by Crippen LogP contribution is 2.14. The van der Waals surface area contributed by atoms with Crippen molar-refractivity contribution in [2.75, 3.05) is 12.0 Å². The van der Waals surface area contributed by atoms with E-state index in [4.69, 9.17) is 4.74 Å². The zero-order chi connectivity index (χ0) is 17.2. The standard InChI is InChI=1S/C18H23N3O2S/c1-3-4-5-8-11-23-17(22)16-10-7-6-9-15(16)12-19-21-18-20-14(2)13-24-18/h6-7,9-10,12-13H,3-5,8,11H2,1-2H3,(H,20,21)/b19-12+. The smallest absolute Gasteiger partial charge is 0.338 e. The fraction of sp³-hybridized carbons (Fsp3) is 0.389. The lowest BCUT2D eigenvalue weighted by molar-refractivity contribution is 0.0497. The zero-order valence-corrected chi connectivity index (χ0v) is 14.9. The molecule has 0 spiro atoms. The lowest BCUT2D eigenvalue weighted by Crippen LogP contribution is -2.09. The molecule has 0 saturated heterocycles. The minimum Gasteiger partial charge on any atom is -0.462 e. The molecule has 0 bridgehead atoms. The molecule has 0 radical (unpaired) electrons. The number of hydrogen-bond donors (Lipinski definition) is 1. The van der Waals surface area contributed by atoms with Gasteiger partial charge in [0.2, 0.25) is 5.13 Å². The summed E-state index contributed by atoms with van der Waals surface area (Å²) in [7, 11) is 0. The molecule has 0 aliphatic heterocycles. The molecule has 1 N–H and O–H groups in total. The SMILES string of the molecule is CCCCCCOC(=O)c1ccccc1/C=N/Nc1nc(C)cs1. The van der Waals surface area contributed by atoms with E-state index in [2.05, 4.69) is 22.4 Å². The number of carbonyl (C=O) groups is 1. The van der Waals surface area contributed by atoms with Gasteiger partial charge in [0.25, 0.3) is 0 Å². The molecule has 128 valence electrons. The Kier molecular flexibility index (Phi) is 7.42. The molecular weight excluding hydrogens is 322 g/mol. The lowest BCUT2D eigenvalue weighted by Gasteiger charge is -2.07. The van der Waals surface area contributed by atoms with Crippen LogP contribution in [0.25, 0.3) is 0 Å².